The van der Waals surface area contributed by atoms with Crippen LogP contribution >= 0.6 is 7.92 Å². The average molecular weight is 482 g/mol. The summed E-state index contributed by atoms with van der Waals surface area (Å²) in [6, 6.07) is 13.7. The second-order valence-electron chi connectivity index (χ2n) is 10.1. The fraction of sp³-hybridized carbons (Fsp3) is 0.346. The Morgan fingerprint density at radius 3 is 2.43 bits per heavy atom. The van der Waals surface area contributed by atoms with Gasteiger partial charge in [0.2, 0.25) is 0 Å². The molecule has 0 radical (unpaired) electrons. The first-order valence-electron chi connectivity index (χ1n) is 12.5. The number of anilines is 4. The van der Waals surface area contributed by atoms with E-state index in [2.05, 4.69) is 69.4 Å². The molecule has 0 N–H and O–H groups in total. The van der Waals surface area contributed by atoms with Gasteiger partial charge in [0, 0.05) is 20.3 Å². The lowest BCUT2D eigenvalue weighted by Crippen LogP contribution is -2.59. The molecular formula is C26H24N7OP. The highest BCUT2D eigenvalue weighted by Crippen LogP contribution is 2.66. The lowest BCUT2D eigenvalue weighted by molar-refractivity contribution is 0.185. The molecule has 5 atom stereocenters. The van der Waals surface area contributed by atoms with Gasteiger partial charge in [-0.05, 0) is 44.0 Å². The minimum atomic E-state index is -0.791. The monoisotopic (exact) mass is 481 g/mol. The number of fused-ring (bicyclic) bond motifs is 10. The molecule has 3 unspecified atom stereocenters. The molecule has 35 heavy (non-hydrogen) atoms. The van der Waals surface area contributed by atoms with Crippen molar-refractivity contribution in [2.75, 3.05) is 14.8 Å². The van der Waals surface area contributed by atoms with Crippen LogP contribution in [0.3, 0.4) is 0 Å². The maximum atomic E-state index is 6.59. The van der Waals surface area contributed by atoms with Gasteiger partial charge in [-0.1, -0.05) is 25.0 Å². The normalized spacial score (nSPS) is 30.1. The number of hydrogen-bond acceptors (Lipinski definition) is 8. The number of hydrogen-bond donors (Lipinski definition) is 0. The van der Waals surface area contributed by atoms with E-state index in [0.29, 0.717) is 12.1 Å². The van der Waals surface area contributed by atoms with Gasteiger partial charge in [-0.25, -0.2) is 15.0 Å². The maximum Gasteiger partial charge on any atom is 0.178 e. The summed E-state index contributed by atoms with van der Waals surface area (Å²) in [7, 11) is -0.791. The fourth-order valence-electron chi connectivity index (χ4n) is 7.16. The smallest absolute Gasteiger partial charge is 0.178 e. The highest BCUT2D eigenvalue weighted by molar-refractivity contribution is 7.75. The van der Waals surface area contributed by atoms with E-state index < -0.39 is 7.92 Å². The summed E-state index contributed by atoms with van der Waals surface area (Å²) in [4.78, 5) is 17.5. The number of hydrazone groups is 1. The molecule has 0 spiro atoms. The molecule has 0 amide bonds. The summed E-state index contributed by atoms with van der Waals surface area (Å²) in [5.41, 5.74) is 2.38. The van der Waals surface area contributed by atoms with Crippen molar-refractivity contribution in [2.45, 2.75) is 56.8 Å². The van der Waals surface area contributed by atoms with Crippen LogP contribution < -0.4 is 30.2 Å². The first-order valence-corrected chi connectivity index (χ1v) is 13.9. The van der Waals surface area contributed by atoms with Crippen molar-refractivity contribution in [3.8, 4) is 11.5 Å². The molecular weight excluding hydrogens is 457 g/mol. The molecule has 2 bridgehead atoms. The largest absolute Gasteiger partial charge is 0.456 e. The van der Waals surface area contributed by atoms with Crippen LogP contribution in [-0.4, -0.2) is 45.4 Å². The molecule has 6 heterocycles. The molecule has 174 valence electrons. The van der Waals surface area contributed by atoms with Gasteiger partial charge in [-0.2, -0.15) is 5.10 Å². The van der Waals surface area contributed by atoms with Crippen molar-refractivity contribution in [1.29, 1.82) is 0 Å². The van der Waals surface area contributed by atoms with Crippen molar-refractivity contribution in [1.82, 2.24) is 14.9 Å². The van der Waals surface area contributed by atoms with E-state index in [1.54, 1.807) is 0 Å². The predicted molar refractivity (Wildman–Crippen MR) is 138 cm³/mol. The Labute approximate surface area is 204 Å². The summed E-state index contributed by atoms with van der Waals surface area (Å²) in [5, 5.41) is 9.82. The van der Waals surface area contributed by atoms with E-state index in [4.69, 9.17) is 19.8 Å². The highest BCUT2D eigenvalue weighted by Gasteiger charge is 2.58. The zero-order chi connectivity index (χ0) is 22.8. The first kappa shape index (κ1) is 18.9. The van der Waals surface area contributed by atoms with Crippen LogP contribution in [0.2, 0.25) is 0 Å². The number of nitrogens with zero attached hydrogens (tertiary/aromatic N) is 7. The van der Waals surface area contributed by atoms with Crippen molar-refractivity contribution in [3.63, 3.8) is 0 Å². The van der Waals surface area contributed by atoms with Gasteiger partial charge >= 0.3 is 0 Å². The summed E-state index contributed by atoms with van der Waals surface area (Å²) in [6.45, 7) is 2.28. The molecule has 9 heteroatoms. The van der Waals surface area contributed by atoms with Crippen LogP contribution in [0.15, 0.2) is 53.9 Å². The summed E-state index contributed by atoms with van der Waals surface area (Å²) < 4.78 is 6.59. The van der Waals surface area contributed by atoms with Crippen LogP contribution in [0.5, 0.6) is 11.5 Å². The molecule has 1 saturated carbocycles. The van der Waals surface area contributed by atoms with E-state index in [0.717, 1.165) is 35.2 Å². The minimum absolute atomic E-state index is 0.142. The van der Waals surface area contributed by atoms with Crippen LogP contribution in [0.1, 0.15) is 32.6 Å². The number of aromatic nitrogens is 2. The van der Waals surface area contributed by atoms with Gasteiger partial charge in [-0.15, -0.1) is 0 Å². The van der Waals surface area contributed by atoms with Crippen molar-refractivity contribution >= 4 is 47.9 Å². The van der Waals surface area contributed by atoms with Gasteiger partial charge in [0.1, 0.15) is 29.9 Å². The lowest BCUT2D eigenvalue weighted by Gasteiger charge is -2.48. The van der Waals surface area contributed by atoms with E-state index in [9.17, 15) is 0 Å². The van der Waals surface area contributed by atoms with Gasteiger partial charge in [-0.3, -0.25) is 4.90 Å². The molecule has 5 aliphatic heterocycles. The zero-order valence-corrected chi connectivity index (χ0v) is 20.2. The third-order valence-electron chi connectivity index (χ3n) is 8.54. The van der Waals surface area contributed by atoms with E-state index in [1.165, 1.54) is 35.6 Å². The summed E-state index contributed by atoms with van der Waals surface area (Å²) in [5.74, 6) is 4.09. The second-order valence-corrected chi connectivity index (χ2v) is 12.2. The highest BCUT2D eigenvalue weighted by atomic mass is 31.1. The quantitative estimate of drug-likeness (QED) is 0.450. The first-order chi connectivity index (χ1) is 17.3. The molecule has 2 aromatic carbocycles. The minimum Gasteiger partial charge on any atom is -0.456 e. The molecule has 1 fully saturated rings. The number of ether oxygens (including phenoxy) is 1. The molecule has 8 nitrogen and oxygen atoms in total. The lowest BCUT2D eigenvalue weighted by atomic mass is 9.88. The molecule has 6 aliphatic rings. The number of benzene rings is 2. The fourth-order valence-corrected chi connectivity index (χ4v) is 10.4. The third kappa shape index (κ3) is 2.17. The Kier molecular flexibility index (Phi) is 3.47. The predicted octanol–water partition coefficient (Wildman–Crippen LogP) is 4.01. The van der Waals surface area contributed by atoms with E-state index in [-0.39, 0.29) is 12.1 Å². The number of rotatable bonds is 0. The van der Waals surface area contributed by atoms with E-state index in [1.807, 2.05) is 12.4 Å². The van der Waals surface area contributed by atoms with Gasteiger partial charge in [0.05, 0.1) is 34.1 Å². The third-order valence-corrected chi connectivity index (χ3v) is 11.3. The van der Waals surface area contributed by atoms with Crippen molar-refractivity contribution < 1.29 is 4.74 Å². The van der Waals surface area contributed by atoms with Crippen LogP contribution in [-0.2, 0) is 0 Å². The molecule has 9 rings (SSSR count). The van der Waals surface area contributed by atoms with Gasteiger partial charge in [0.25, 0.3) is 0 Å². The standard InChI is InChI=1S/C26H24N7OP/c1-15-30-14-29-33(15)19-9-5-11-21-23(19)35-22-18(8-4-10-20(22)34-21)32-25-24(27-12-13-28-25)31(26(32)35)17-7-3-2-6-16(17)30/h4-5,8-17,26H,2-3,6-7H2,1H3/t15-,16?,17?,26+,35?/m1/s1. The maximum absolute atomic E-state index is 6.59. The Hall–Kier alpha value is -3.38. The van der Waals surface area contributed by atoms with Gasteiger partial charge < -0.3 is 14.5 Å². The summed E-state index contributed by atoms with van der Waals surface area (Å²) >= 11 is 0. The molecule has 3 aromatic rings. The topological polar surface area (TPSA) is 60.3 Å². The zero-order valence-electron chi connectivity index (χ0n) is 19.3. The second kappa shape index (κ2) is 6.43. The summed E-state index contributed by atoms with van der Waals surface area (Å²) in [6.07, 6.45) is 10.7. The molecule has 1 aromatic heterocycles. The Morgan fingerprint density at radius 2 is 1.60 bits per heavy atom. The SMILES string of the molecule is C[C@H]1N2N=CN1C1CCCCC1N1c3nccnc3N3c4cccc5c4P(c4c(cccc42)O5)[C@H]31. The van der Waals surface area contributed by atoms with Crippen LogP contribution in [0, 0.1) is 0 Å². The Bertz CT molecular complexity index is 1440. The Balaban J connectivity index is 1.40. The molecule has 0 saturated heterocycles. The van der Waals surface area contributed by atoms with E-state index >= 15 is 0 Å². The Morgan fingerprint density at radius 1 is 0.886 bits per heavy atom. The van der Waals surface area contributed by atoms with Crippen LogP contribution in [0.25, 0.3) is 0 Å². The average Bonchev–Trinajstić information content (AvgIpc) is 3.54. The van der Waals surface area contributed by atoms with Crippen molar-refractivity contribution in [3.05, 3.63) is 48.8 Å². The van der Waals surface area contributed by atoms with Crippen molar-refractivity contribution in [2.24, 2.45) is 5.10 Å². The molecule has 1 aliphatic carbocycles. The van der Waals surface area contributed by atoms with Gasteiger partial charge in [0.15, 0.2) is 11.6 Å². The van der Waals surface area contributed by atoms with Crippen LogP contribution in [0.4, 0.5) is 23.0 Å².